The molecule has 1 aromatic heterocycles. The van der Waals surface area contributed by atoms with Gasteiger partial charge in [0.05, 0.1) is 6.10 Å². The fraction of sp³-hybridized carbons (Fsp3) is 0.714. The summed E-state index contributed by atoms with van der Waals surface area (Å²) in [6.07, 6.45) is 3.09. The van der Waals surface area contributed by atoms with Gasteiger partial charge in [-0.1, -0.05) is 6.92 Å². The van der Waals surface area contributed by atoms with Crippen LogP contribution in [-0.2, 0) is 0 Å². The second-order valence-corrected chi connectivity index (χ2v) is 6.54. The maximum atomic E-state index is 10.0. The number of halogens is 1. The van der Waals surface area contributed by atoms with Crippen molar-refractivity contribution in [2.45, 2.75) is 31.9 Å². The molecule has 2 rings (SSSR count). The molecule has 0 aromatic carbocycles. The molecule has 0 radical (unpaired) electrons. The number of hydrogen-bond acceptors (Lipinski definition) is 6. The molecule has 118 valence electrons. The molecule has 1 fully saturated rings. The minimum Gasteiger partial charge on any atom is -0.391 e. The zero-order chi connectivity index (χ0) is 15.4. The van der Waals surface area contributed by atoms with Crippen molar-refractivity contribution in [2.75, 3.05) is 43.9 Å². The average Bonchev–Trinajstić information content (AvgIpc) is 2.77. The summed E-state index contributed by atoms with van der Waals surface area (Å²) < 4.78 is 0.872. The first kappa shape index (κ1) is 16.5. The van der Waals surface area contributed by atoms with Crippen LogP contribution in [0.25, 0.3) is 0 Å². The third-order valence-corrected chi connectivity index (χ3v) is 4.28. The summed E-state index contributed by atoms with van der Waals surface area (Å²) in [4.78, 5) is 13.0. The summed E-state index contributed by atoms with van der Waals surface area (Å²) in [6, 6.07) is 0.264. The highest BCUT2D eigenvalue weighted by Gasteiger charge is 2.33. The summed E-state index contributed by atoms with van der Waals surface area (Å²) in [6.45, 7) is 4.50. The highest BCUT2D eigenvalue weighted by Crippen LogP contribution is 2.34. The van der Waals surface area contributed by atoms with Crippen molar-refractivity contribution in [3.8, 4) is 0 Å². The monoisotopic (exact) mass is 357 g/mol. The third kappa shape index (κ3) is 4.05. The Hall–Kier alpha value is -0.920. The fourth-order valence-electron chi connectivity index (χ4n) is 2.67. The van der Waals surface area contributed by atoms with E-state index >= 15 is 0 Å². The molecule has 1 aromatic rings. The first-order chi connectivity index (χ1) is 10.0. The Morgan fingerprint density at radius 3 is 2.90 bits per heavy atom. The first-order valence-corrected chi connectivity index (χ1v) is 8.16. The summed E-state index contributed by atoms with van der Waals surface area (Å²) >= 11 is 3.61. The predicted octanol–water partition coefficient (Wildman–Crippen LogP) is 1.56. The van der Waals surface area contributed by atoms with Gasteiger partial charge < -0.3 is 20.2 Å². The Kier molecular flexibility index (Phi) is 5.78. The molecular formula is C14H24BrN5O. The van der Waals surface area contributed by atoms with E-state index in [1.54, 1.807) is 6.33 Å². The lowest BCUT2D eigenvalue weighted by Crippen LogP contribution is -2.38. The molecule has 1 saturated heterocycles. The number of nitrogens with one attached hydrogen (secondary N) is 1. The largest absolute Gasteiger partial charge is 0.391 e. The lowest BCUT2D eigenvalue weighted by molar-refractivity contribution is 0.191. The number of β-amino-alcohol motifs (C(OH)–C–C–N with tert-alkyl or cyclic N) is 1. The standard InChI is InChI=1S/C14H24BrN5O/c1-4-5-16-13-12(15)14(18-9-17-13)20-8-11(21)6-10(20)7-19(2)3/h9-11,21H,4-8H2,1-3H3,(H,16,17,18). The van der Waals surface area contributed by atoms with Gasteiger partial charge in [-0.15, -0.1) is 0 Å². The van der Waals surface area contributed by atoms with Gasteiger partial charge in [-0.25, -0.2) is 9.97 Å². The summed E-state index contributed by atoms with van der Waals surface area (Å²) in [5.41, 5.74) is 0. The first-order valence-electron chi connectivity index (χ1n) is 7.36. The van der Waals surface area contributed by atoms with Crippen molar-refractivity contribution in [3.63, 3.8) is 0 Å². The second kappa shape index (κ2) is 7.38. The Labute approximate surface area is 134 Å². The number of aliphatic hydroxyl groups is 1. The number of rotatable bonds is 6. The number of hydrogen-bond donors (Lipinski definition) is 2. The summed E-state index contributed by atoms with van der Waals surface area (Å²) in [5, 5.41) is 13.3. The topological polar surface area (TPSA) is 64.5 Å². The number of aromatic nitrogens is 2. The SMILES string of the molecule is CCCNc1ncnc(N2CC(O)CC2CN(C)C)c1Br. The van der Waals surface area contributed by atoms with Crippen LogP contribution in [-0.4, -0.2) is 65.8 Å². The van der Waals surface area contributed by atoms with Crippen LogP contribution in [0.15, 0.2) is 10.8 Å². The van der Waals surface area contributed by atoms with E-state index in [4.69, 9.17) is 0 Å². The van der Waals surface area contributed by atoms with E-state index in [1.165, 1.54) is 0 Å². The van der Waals surface area contributed by atoms with Crippen LogP contribution < -0.4 is 10.2 Å². The van der Waals surface area contributed by atoms with Crippen LogP contribution in [0, 0.1) is 0 Å². The maximum absolute atomic E-state index is 10.0. The van der Waals surface area contributed by atoms with Crippen LogP contribution in [0.5, 0.6) is 0 Å². The highest BCUT2D eigenvalue weighted by molar-refractivity contribution is 9.10. The van der Waals surface area contributed by atoms with E-state index in [1.807, 2.05) is 14.1 Å². The second-order valence-electron chi connectivity index (χ2n) is 5.74. The van der Waals surface area contributed by atoms with Gasteiger partial charge in [0, 0.05) is 25.7 Å². The van der Waals surface area contributed by atoms with Crippen LogP contribution in [0.3, 0.4) is 0 Å². The highest BCUT2D eigenvalue weighted by atomic mass is 79.9. The molecule has 2 N–H and O–H groups in total. The van der Waals surface area contributed by atoms with Crippen LogP contribution in [0.1, 0.15) is 19.8 Å². The molecule has 2 unspecified atom stereocenters. The van der Waals surface area contributed by atoms with E-state index in [0.717, 1.165) is 42.0 Å². The molecule has 0 spiro atoms. The Morgan fingerprint density at radius 2 is 2.24 bits per heavy atom. The Balaban J connectivity index is 2.23. The van der Waals surface area contributed by atoms with Gasteiger partial charge in [0.25, 0.3) is 0 Å². The molecule has 2 atom stereocenters. The van der Waals surface area contributed by atoms with Crippen molar-refractivity contribution >= 4 is 27.6 Å². The van der Waals surface area contributed by atoms with Crippen LogP contribution in [0.4, 0.5) is 11.6 Å². The molecule has 0 bridgehead atoms. The molecule has 0 aliphatic carbocycles. The molecule has 21 heavy (non-hydrogen) atoms. The van der Waals surface area contributed by atoms with Gasteiger partial charge in [-0.05, 0) is 42.9 Å². The molecule has 7 heteroatoms. The molecule has 1 aliphatic rings. The third-order valence-electron chi connectivity index (χ3n) is 3.55. The molecule has 0 saturated carbocycles. The van der Waals surface area contributed by atoms with Gasteiger partial charge in [-0.2, -0.15) is 0 Å². The Bertz CT molecular complexity index is 471. The number of likely N-dealkylation sites (N-methyl/N-ethyl adjacent to an activating group) is 1. The maximum Gasteiger partial charge on any atom is 0.148 e. The zero-order valence-electron chi connectivity index (χ0n) is 12.9. The van der Waals surface area contributed by atoms with E-state index in [9.17, 15) is 5.11 Å². The summed E-state index contributed by atoms with van der Waals surface area (Å²) in [7, 11) is 4.10. The minimum atomic E-state index is -0.302. The minimum absolute atomic E-state index is 0.264. The van der Waals surface area contributed by atoms with E-state index < -0.39 is 0 Å². The van der Waals surface area contributed by atoms with Crippen LogP contribution >= 0.6 is 15.9 Å². The molecule has 1 aliphatic heterocycles. The lowest BCUT2D eigenvalue weighted by Gasteiger charge is -2.28. The Morgan fingerprint density at radius 1 is 1.48 bits per heavy atom. The van der Waals surface area contributed by atoms with E-state index in [-0.39, 0.29) is 12.1 Å². The van der Waals surface area contributed by atoms with E-state index in [2.05, 4.69) is 47.9 Å². The number of aliphatic hydroxyl groups excluding tert-OH is 1. The van der Waals surface area contributed by atoms with Gasteiger partial charge in [0.1, 0.15) is 22.4 Å². The van der Waals surface area contributed by atoms with Crippen molar-refractivity contribution < 1.29 is 5.11 Å². The molecular weight excluding hydrogens is 334 g/mol. The molecule has 2 heterocycles. The fourth-order valence-corrected chi connectivity index (χ4v) is 3.25. The predicted molar refractivity (Wildman–Crippen MR) is 88.8 cm³/mol. The lowest BCUT2D eigenvalue weighted by atomic mass is 10.2. The zero-order valence-corrected chi connectivity index (χ0v) is 14.5. The normalized spacial score (nSPS) is 22.1. The van der Waals surface area contributed by atoms with Crippen molar-refractivity contribution in [1.82, 2.24) is 14.9 Å². The number of anilines is 2. The van der Waals surface area contributed by atoms with Crippen molar-refractivity contribution in [3.05, 3.63) is 10.8 Å². The summed E-state index contributed by atoms with van der Waals surface area (Å²) in [5.74, 6) is 1.67. The van der Waals surface area contributed by atoms with Crippen molar-refractivity contribution in [1.29, 1.82) is 0 Å². The van der Waals surface area contributed by atoms with Gasteiger partial charge in [0.2, 0.25) is 0 Å². The quantitative estimate of drug-likeness (QED) is 0.805. The molecule has 0 amide bonds. The van der Waals surface area contributed by atoms with Crippen molar-refractivity contribution in [2.24, 2.45) is 0 Å². The van der Waals surface area contributed by atoms with Gasteiger partial charge in [0.15, 0.2) is 0 Å². The smallest absolute Gasteiger partial charge is 0.148 e. The number of nitrogens with zero attached hydrogens (tertiary/aromatic N) is 4. The average molecular weight is 358 g/mol. The molecule has 6 nitrogen and oxygen atoms in total. The van der Waals surface area contributed by atoms with E-state index in [0.29, 0.717) is 6.54 Å². The van der Waals surface area contributed by atoms with Crippen LogP contribution in [0.2, 0.25) is 0 Å². The van der Waals surface area contributed by atoms with Gasteiger partial charge >= 0.3 is 0 Å². The van der Waals surface area contributed by atoms with Gasteiger partial charge in [-0.3, -0.25) is 0 Å².